The Morgan fingerprint density at radius 1 is 0.788 bits per heavy atom. The maximum Gasteiger partial charge on any atom is 0.264 e. The molecule has 1 fully saturated rings. The van der Waals surface area contributed by atoms with Gasteiger partial charge in [0.05, 0.1) is 42.5 Å². The molecule has 0 spiro atoms. The average molecular weight is 881 g/mol. The summed E-state index contributed by atoms with van der Waals surface area (Å²) in [6.07, 6.45) is 1.63. The van der Waals surface area contributed by atoms with Gasteiger partial charge in [0.25, 0.3) is 11.8 Å². The van der Waals surface area contributed by atoms with Crippen molar-refractivity contribution in [3.8, 4) is 23.1 Å². The predicted octanol–water partition coefficient (Wildman–Crippen LogP) is 8.58. The van der Waals surface area contributed by atoms with Crippen LogP contribution in [0.15, 0.2) is 115 Å². The fourth-order valence-corrected chi connectivity index (χ4v) is 9.55. The average Bonchev–Trinajstić information content (AvgIpc) is 3.64. The molecule has 0 N–H and O–H groups in total. The second-order valence-electron chi connectivity index (χ2n) is 17.8. The third-order valence-corrected chi connectivity index (χ3v) is 13.6. The Hall–Kier alpha value is -7.00. The van der Waals surface area contributed by atoms with Gasteiger partial charge in [-0.25, -0.2) is 0 Å². The van der Waals surface area contributed by atoms with Gasteiger partial charge in [0.1, 0.15) is 12.4 Å². The molecule has 66 heavy (non-hydrogen) atoms. The summed E-state index contributed by atoms with van der Waals surface area (Å²) in [6.45, 7) is 12.1. The van der Waals surface area contributed by atoms with Crippen LogP contribution in [0.2, 0.25) is 0 Å². The number of hydrogen-bond acceptors (Lipinski definition) is 7. The van der Waals surface area contributed by atoms with Gasteiger partial charge in [-0.3, -0.25) is 24.2 Å². The Balaban J connectivity index is 1.02. The molecule has 0 unspecified atom stereocenters. The Morgan fingerprint density at radius 3 is 2.29 bits per heavy atom. The molecule has 3 aliphatic heterocycles. The van der Waals surface area contributed by atoms with Crippen LogP contribution in [0.3, 0.4) is 0 Å². The van der Waals surface area contributed by atoms with E-state index in [2.05, 4.69) is 36.1 Å². The number of carbonyl (C=O) groups excluding carboxylic acids is 3. The molecule has 3 amide bonds. The van der Waals surface area contributed by atoms with Crippen LogP contribution < -0.4 is 9.64 Å². The first-order chi connectivity index (χ1) is 32.1. The van der Waals surface area contributed by atoms with Gasteiger partial charge in [-0.05, 0) is 122 Å². The second kappa shape index (κ2) is 19.2. The van der Waals surface area contributed by atoms with Crippen LogP contribution in [0.25, 0.3) is 11.3 Å². The van der Waals surface area contributed by atoms with Gasteiger partial charge in [-0.1, -0.05) is 60.7 Å². The highest BCUT2D eigenvalue weighted by Gasteiger charge is 2.33. The highest BCUT2D eigenvalue weighted by atomic mass is 16.5. The summed E-state index contributed by atoms with van der Waals surface area (Å²) >= 11 is 0. The largest absolute Gasteiger partial charge is 0.492 e. The van der Waals surface area contributed by atoms with Crippen molar-refractivity contribution in [2.45, 2.75) is 59.2 Å². The molecular weight excluding hydrogens is 825 g/mol. The molecule has 5 aromatic carbocycles. The summed E-state index contributed by atoms with van der Waals surface area (Å²) < 4.78 is 13.5. The van der Waals surface area contributed by atoms with E-state index in [0.29, 0.717) is 60.7 Å². The van der Waals surface area contributed by atoms with Crippen LogP contribution in [0.5, 0.6) is 5.75 Å². The van der Waals surface area contributed by atoms with Gasteiger partial charge in [0, 0.05) is 80.6 Å². The zero-order valence-electron chi connectivity index (χ0n) is 38.3. The van der Waals surface area contributed by atoms with Crippen molar-refractivity contribution in [2.24, 2.45) is 7.05 Å². The van der Waals surface area contributed by atoms with Crippen LogP contribution in [-0.4, -0.2) is 89.0 Å². The summed E-state index contributed by atoms with van der Waals surface area (Å²) in [5.74, 6) is 0.469. The molecule has 11 nitrogen and oxygen atoms in total. The molecule has 1 aromatic heterocycles. The second-order valence-corrected chi connectivity index (χ2v) is 17.8. The van der Waals surface area contributed by atoms with E-state index in [1.165, 1.54) is 5.56 Å². The first-order valence-electron chi connectivity index (χ1n) is 23.0. The van der Waals surface area contributed by atoms with Crippen LogP contribution in [0.1, 0.15) is 72.3 Å². The third kappa shape index (κ3) is 9.12. The highest BCUT2D eigenvalue weighted by Crippen LogP contribution is 2.37. The quantitative estimate of drug-likeness (QED) is 0.128. The molecule has 336 valence electrons. The normalized spacial score (nSPS) is 16.0. The lowest BCUT2D eigenvalue weighted by atomic mass is 9.89. The smallest absolute Gasteiger partial charge is 0.264 e. The zero-order valence-corrected chi connectivity index (χ0v) is 38.3. The first kappa shape index (κ1) is 44.2. The van der Waals surface area contributed by atoms with Gasteiger partial charge in [-0.2, -0.15) is 5.26 Å². The number of hydrogen-bond donors (Lipinski definition) is 0. The highest BCUT2D eigenvalue weighted by molar-refractivity contribution is 6.12. The van der Waals surface area contributed by atoms with Crippen LogP contribution in [0.4, 0.5) is 11.4 Å². The number of nitrogens with zero attached hydrogens (tertiary/aromatic N) is 6. The lowest BCUT2D eigenvalue weighted by Crippen LogP contribution is -2.43. The SMILES string of the molecule is Cc1ccc(N(C(=O)c2cc(-c3cc4c(cc3C(=O)N3Cc5ccccc5C[C@H]3C)CN(C(=O)Cc3ccc(OCCN5CCOCC5)cc3)CC4)n(C)c2C)c2ccccc2)cc1C#N. The van der Waals surface area contributed by atoms with Gasteiger partial charge in [0.15, 0.2) is 0 Å². The maximum atomic E-state index is 15.2. The van der Waals surface area contributed by atoms with Gasteiger partial charge in [-0.15, -0.1) is 0 Å². The topological polar surface area (TPSA) is 111 Å². The van der Waals surface area contributed by atoms with Gasteiger partial charge >= 0.3 is 0 Å². The number of amides is 3. The molecule has 3 aliphatic rings. The standard InChI is InChI=1S/C55H56N6O5/c1-37-14-17-47(30-44(37)34-56)61(46-12-6-5-7-13-46)55(64)49-33-52(57(4)39(49)3)50-31-42-20-21-59(53(62)29-40-15-18-48(19-16-40)66-27-24-58-22-25-65-26-23-58)35-45(42)32-51(50)54(63)60-36-43-11-9-8-10-41(43)28-38(60)2/h5-19,30-33,38H,20-29,35-36H2,1-4H3/t38-/m1/s1. The van der Waals surface area contributed by atoms with Crippen molar-refractivity contribution in [3.05, 3.63) is 171 Å². The third-order valence-electron chi connectivity index (χ3n) is 13.6. The number of ether oxygens (including phenoxy) is 2. The molecule has 11 heteroatoms. The Labute approximate surface area is 387 Å². The van der Waals surface area contributed by atoms with E-state index in [-0.39, 0.29) is 30.2 Å². The molecule has 6 aromatic rings. The Bertz CT molecular complexity index is 2820. The van der Waals surface area contributed by atoms with E-state index in [1.54, 1.807) is 11.0 Å². The number of morpholine rings is 1. The molecular formula is C55H56N6O5. The van der Waals surface area contributed by atoms with E-state index >= 15 is 4.79 Å². The first-order valence-corrected chi connectivity index (χ1v) is 23.0. The zero-order chi connectivity index (χ0) is 45.9. The number of carbonyl (C=O) groups is 3. The molecule has 0 saturated carbocycles. The van der Waals surface area contributed by atoms with Crippen molar-refractivity contribution < 1.29 is 23.9 Å². The number of rotatable bonds is 11. The summed E-state index contributed by atoms with van der Waals surface area (Å²) in [6, 6.07) is 39.3. The molecule has 0 aliphatic carbocycles. The summed E-state index contributed by atoms with van der Waals surface area (Å²) in [4.78, 5) is 51.9. The minimum Gasteiger partial charge on any atom is -0.492 e. The summed E-state index contributed by atoms with van der Waals surface area (Å²) in [5.41, 5.74) is 11.1. The lowest BCUT2D eigenvalue weighted by molar-refractivity contribution is -0.131. The van der Waals surface area contributed by atoms with Crippen molar-refractivity contribution in [2.75, 3.05) is 50.9 Å². The monoisotopic (exact) mass is 880 g/mol. The number of benzene rings is 5. The number of anilines is 2. The lowest BCUT2D eigenvalue weighted by Gasteiger charge is -2.36. The summed E-state index contributed by atoms with van der Waals surface area (Å²) in [5, 5.41) is 9.92. The minimum atomic E-state index is -0.250. The maximum absolute atomic E-state index is 15.2. The van der Waals surface area contributed by atoms with Gasteiger partial charge in [0.2, 0.25) is 5.91 Å². The molecule has 0 radical (unpaired) electrons. The Kier molecular flexibility index (Phi) is 12.9. The van der Waals surface area contributed by atoms with Crippen molar-refractivity contribution in [1.29, 1.82) is 5.26 Å². The van der Waals surface area contributed by atoms with Crippen molar-refractivity contribution in [3.63, 3.8) is 0 Å². The van der Waals surface area contributed by atoms with Gasteiger partial charge < -0.3 is 23.8 Å². The molecule has 1 atom stereocenters. The van der Waals surface area contributed by atoms with E-state index in [0.717, 1.165) is 89.8 Å². The van der Waals surface area contributed by atoms with Crippen molar-refractivity contribution in [1.82, 2.24) is 19.3 Å². The van der Waals surface area contributed by atoms with E-state index in [1.807, 2.05) is 126 Å². The van der Waals surface area contributed by atoms with Crippen LogP contribution in [-0.2, 0) is 48.9 Å². The van der Waals surface area contributed by atoms with E-state index in [9.17, 15) is 14.9 Å². The number of nitriles is 1. The van der Waals surface area contributed by atoms with E-state index in [4.69, 9.17) is 9.47 Å². The summed E-state index contributed by atoms with van der Waals surface area (Å²) in [7, 11) is 1.94. The van der Waals surface area contributed by atoms with Crippen LogP contribution in [0, 0.1) is 25.2 Å². The molecule has 9 rings (SSSR count). The minimum absolute atomic E-state index is 0.0273. The van der Waals surface area contributed by atoms with Crippen molar-refractivity contribution >= 4 is 29.1 Å². The number of aryl methyl sites for hydroxylation is 1. The fourth-order valence-electron chi connectivity index (χ4n) is 9.55. The van der Waals surface area contributed by atoms with Crippen LogP contribution >= 0.6 is 0 Å². The van der Waals surface area contributed by atoms with E-state index < -0.39 is 0 Å². The molecule has 1 saturated heterocycles. The number of para-hydroxylation sites is 1. The molecule has 0 bridgehead atoms. The Morgan fingerprint density at radius 2 is 1.53 bits per heavy atom. The predicted molar refractivity (Wildman–Crippen MR) is 256 cm³/mol. The fraction of sp³-hybridized carbons (Fsp3) is 0.309. The number of aromatic nitrogens is 1. The molecule has 4 heterocycles. The number of fused-ring (bicyclic) bond motifs is 2.